The number of carbonyl (C=O) groups is 1. The summed E-state index contributed by atoms with van der Waals surface area (Å²) < 4.78 is 7.07. The molecule has 0 aliphatic rings. The van der Waals surface area contributed by atoms with E-state index in [-0.39, 0.29) is 36.6 Å². The Kier molecular flexibility index (Phi) is 6.98. The minimum atomic E-state index is -0.554. The van der Waals surface area contributed by atoms with E-state index < -0.39 is 12.0 Å². The van der Waals surface area contributed by atoms with E-state index in [1.54, 1.807) is 19.3 Å². The third-order valence-electron chi connectivity index (χ3n) is 5.19. The zero-order chi connectivity index (χ0) is 24.1. The van der Waals surface area contributed by atoms with Gasteiger partial charge >= 0.3 is 5.97 Å². The monoisotopic (exact) mass is 461 g/mol. The molecular formula is C24H27N7O3. The third kappa shape index (κ3) is 4.96. The predicted octanol–water partition coefficient (Wildman–Crippen LogP) is 3.87. The minimum absolute atomic E-state index is 0.170. The summed E-state index contributed by atoms with van der Waals surface area (Å²) in [4.78, 5) is 25.7. The summed E-state index contributed by atoms with van der Waals surface area (Å²) in [5.41, 5.74) is 1.95. The van der Waals surface area contributed by atoms with E-state index in [1.165, 1.54) is 6.20 Å². The minimum Gasteiger partial charge on any atom is -0.462 e. The maximum atomic E-state index is 12.5. The molecule has 10 heteroatoms. The highest BCUT2D eigenvalue weighted by atomic mass is 16.5. The molecule has 3 N–H and O–H groups in total. The Morgan fingerprint density at radius 3 is 2.65 bits per heavy atom. The molecule has 3 heterocycles. The normalized spacial score (nSPS) is 12.0. The summed E-state index contributed by atoms with van der Waals surface area (Å²) in [7, 11) is 0. The van der Waals surface area contributed by atoms with E-state index >= 15 is 0 Å². The molecule has 1 atom stereocenters. The molecule has 3 aromatic heterocycles. The largest absolute Gasteiger partial charge is 0.462 e. The van der Waals surface area contributed by atoms with Gasteiger partial charge in [-0.15, -0.1) is 0 Å². The van der Waals surface area contributed by atoms with Crippen LogP contribution in [0, 0.1) is 0 Å². The molecule has 176 valence electrons. The second kappa shape index (κ2) is 10.3. The van der Waals surface area contributed by atoms with Crippen LogP contribution < -0.4 is 10.6 Å². The van der Waals surface area contributed by atoms with Gasteiger partial charge in [0.15, 0.2) is 0 Å². The summed E-state index contributed by atoms with van der Waals surface area (Å²) >= 11 is 0. The van der Waals surface area contributed by atoms with Gasteiger partial charge in [-0.25, -0.2) is 14.8 Å². The lowest BCUT2D eigenvalue weighted by atomic mass is 10.1. The first-order valence-corrected chi connectivity index (χ1v) is 11.1. The molecule has 0 aliphatic carbocycles. The van der Waals surface area contributed by atoms with Crippen molar-refractivity contribution in [3.8, 4) is 0 Å². The fourth-order valence-corrected chi connectivity index (χ4v) is 3.53. The Labute approximate surface area is 197 Å². The van der Waals surface area contributed by atoms with Gasteiger partial charge in [-0.05, 0) is 26.3 Å². The zero-order valence-corrected chi connectivity index (χ0v) is 19.3. The number of aliphatic hydroxyl groups is 1. The first-order valence-electron chi connectivity index (χ1n) is 11.1. The average molecular weight is 462 g/mol. The smallest absolute Gasteiger partial charge is 0.343 e. The molecule has 0 bridgehead atoms. The molecule has 4 aromatic rings. The number of anilines is 3. The number of nitrogens with zero attached hydrogens (tertiary/aromatic N) is 5. The van der Waals surface area contributed by atoms with E-state index in [9.17, 15) is 9.90 Å². The van der Waals surface area contributed by atoms with Crippen LogP contribution in [0.25, 0.3) is 10.9 Å². The number of pyridine rings is 1. The van der Waals surface area contributed by atoms with Crippen LogP contribution in [0.5, 0.6) is 0 Å². The number of aliphatic hydroxyl groups excluding tert-OH is 1. The molecule has 1 aromatic carbocycles. The van der Waals surface area contributed by atoms with Crippen molar-refractivity contribution < 1.29 is 14.6 Å². The van der Waals surface area contributed by atoms with Gasteiger partial charge in [-0.3, -0.25) is 4.68 Å². The number of nitrogens with one attached hydrogen (secondary N) is 2. The van der Waals surface area contributed by atoms with E-state index in [2.05, 4.69) is 44.5 Å². The molecule has 0 radical (unpaired) electrons. The lowest BCUT2D eigenvalue weighted by Crippen LogP contribution is -2.19. The van der Waals surface area contributed by atoms with Crippen LogP contribution in [-0.2, 0) is 4.74 Å². The highest BCUT2D eigenvalue weighted by molar-refractivity contribution is 5.94. The van der Waals surface area contributed by atoms with Gasteiger partial charge in [0, 0.05) is 29.9 Å². The fourth-order valence-electron chi connectivity index (χ4n) is 3.53. The van der Waals surface area contributed by atoms with Gasteiger partial charge in [0.1, 0.15) is 17.2 Å². The Morgan fingerprint density at radius 2 is 1.94 bits per heavy atom. The molecule has 0 spiro atoms. The summed E-state index contributed by atoms with van der Waals surface area (Å²) in [6.07, 6.45) is 4.90. The van der Waals surface area contributed by atoms with Gasteiger partial charge in [0.2, 0.25) is 5.95 Å². The molecule has 34 heavy (non-hydrogen) atoms. The van der Waals surface area contributed by atoms with Gasteiger partial charge < -0.3 is 20.5 Å². The number of fused-ring (bicyclic) bond motifs is 1. The molecule has 0 unspecified atom stereocenters. The second-order valence-corrected chi connectivity index (χ2v) is 7.90. The molecule has 0 fully saturated rings. The summed E-state index contributed by atoms with van der Waals surface area (Å²) in [5.74, 6) is 0.461. The molecule has 0 amide bonds. The number of esters is 1. The van der Waals surface area contributed by atoms with Crippen molar-refractivity contribution in [3.05, 3.63) is 66.1 Å². The number of benzene rings is 1. The number of ether oxygens (including phenoxy) is 1. The second-order valence-electron chi connectivity index (χ2n) is 7.90. The van der Waals surface area contributed by atoms with Crippen LogP contribution in [0.1, 0.15) is 48.8 Å². The van der Waals surface area contributed by atoms with Crippen LogP contribution in [0.3, 0.4) is 0 Å². The van der Waals surface area contributed by atoms with Crippen LogP contribution >= 0.6 is 0 Å². The van der Waals surface area contributed by atoms with Crippen molar-refractivity contribution in [1.82, 2.24) is 24.7 Å². The van der Waals surface area contributed by atoms with Crippen molar-refractivity contribution >= 4 is 34.5 Å². The SMILES string of the molecule is CCOC(=O)c1cnc(Nc2cc3c(cn2)cnn3C(C)C)nc1N[C@H](CO)c1ccccc1. The van der Waals surface area contributed by atoms with E-state index in [0.717, 1.165) is 16.5 Å². The summed E-state index contributed by atoms with van der Waals surface area (Å²) in [6, 6.07) is 11.0. The van der Waals surface area contributed by atoms with Crippen LogP contribution in [0.2, 0.25) is 0 Å². The van der Waals surface area contributed by atoms with Gasteiger partial charge in [-0.2, -0.15) is 10.1 Å². The molecular weight excluding hydrogens is 434 g/mol. The van der Waals surface area contributed by atoms with Crippen molar-refractivity contribution in [2.75, 3.05) is 23.8 Å². The number of carbonyl (C=O) groups excluding carboxylic acids is 1. The van der Waals surface area contributed by atoms with Crippen molar-refractivity contribution in [3.63, 3.8) is 0 Å². The van der Waals surface area contributed by atoms with Crippen LogP contribution in [0.15, 0.2) is 55.0 Å². The van der Waals surface area contributed by atoms with E-state index in [1.807, 2.05) is 41.1 Å². The fraction of sp³-hybridized carbons (Fsp3) is 0.292. The highest BCUT2D eigenvalue weighted by Crippen LogP contribution is 2.25. The number of hydrogen-bond donors (Lipinski definition) is 3. The quantitative estimate of drug-likeness (QED) is 0.318. The van der Waals surface area contributed by atoms with E-state index in [4.69, 9.17) is 4.74 Å². The number of rotatable bonds is 9. The first-order chi connectivity index (χ1) is 16.5. The summed E-state index contributed by atoms with van der Waals surface area (Å²) in [6.45, 7) is 5.86. The van der Waals surface area contributed by atoms with Crippen molar-refractivity contribution in [2.24, 2.45) is 0 Å². The topological polar surface area (TPSA) is 127 Å². The van der Waals surface area contributed by atoms with Gasteiger partial charge in [-0.1, -0.05) is 30.3 Å². The van der Waals surface area contributed by atoms with Crippen molar-refractivity contribution in [2.45, 2.75) is 32.9 Å². The lowest BCUT2D eigenvalue weighted by Gasteiger charge is -2.19. The lowest BCUT2D eigenvalue weighted by molar-refractivity contribution is 0.0526. The average Bonchev–Trinajstić information content (AvgIpc) is 3.27. The predicted molar refractivity (Wildman–Crippen MR) is 129 cm³/mol. The molecule has 0 saturated heterocycles. The van der Waals surface area contributed by atoms with Crippen molar-refractivity contribution in [1.29, 1.82) is 0 Å². The maximum Gasteiger partial charge on any atom is 0.343 e. The standard InChI is InChI=1S/C24H27N7O3/c1-4-34-23(33)18-13-26-24(30-22(18)28-19(14-32)16-8-6-5-7-9-16)29-21-10-20-17(11-25-21)12-27-31(20)15(2)3/h5-13,15,19,32H,4,14H2,1-3H3,(H2,25,26,28,29,30)/t19-/m1/s1. The van der Waals surface area contributed by atoms with Crippen LogP contribution in [-0.4, -0.2) is 49.0 Å². The maximum absolute atomic E-state index is 12.5. The first kappa shape index (κ1) is 23.1. The summed E-state index contributed by atoms with van der Waals surface area (Å²) in [5, 5.41) is 21.6. The highest BCUT2D eigenvalue weighted by Gasteiger charge is 2.20. The number of aromatic nitrogens is 5. The van der Waals surface area contributed by atoms with Crippen LogP contribution in [0.4, 0.5) is 17.6 Å². The third-order valence-corrected chi connectivity index (χ3v) is 5.19. The number of hydrogen-bond acceptors (Lipinski definition) is 9. The molecule has 10 nitrogen and oxygen atoms in total. The Hall–Kier alpha value is -4.05. The van der Waals surface area contributed by atoms with Gasteiger partial charge in [0.05, 0.1) is 31.0 Å². The van der Waals surface area contributed by atoms with Gasteiger partial charge in [0.25, 0.3) is 0 Å². The molecule has 0 saturated carbocycles. The Morgan fingerprint density at radius 1 is 1.15 bits per heavy atom. The Bertz CT molecular complexity index is 1270. The Balaban J connectivity index is 1.67. The zero-order valence-electron chi connectivity index (χ0n) is 19.3. The molecule has 0 aliphatic heterocycles. The van der Waals surface area contributed by atoms with E-state index in [0.29, 0.717) is 5.82 Å². The molecule has 4 rings (SSSR count).